The first-order valence-electron chi connectivity index (χ1n) is 7.62. The van der Waals surface area contributed by atoms with Crippen molar-refractivity contribution in [3.05, 3.63) is 65.7 Å². The molecule has 0 aromatic heterocycles. The highest BCUT2D eigenvalue weighted by Gasteiger charge is 2.19. The monoisotopic (exact) mass is 282 g/mol. The van der Waals surface area contributed by atoms with E-state index in [2.05, 4.69) is 85.7 Å². The number of rotatable bonds is 6. The summed E-state index contributed by atoms with van der Waals surface area (Å²) in [5, 5.41) is 3.46. The molecule has 0 spiro atoms. The maximum atomic E-state index is 3.46. The predicted octanol–water partition coefficient (Wildman–Crippen LogP) is 4.03. The van der Waals surface area contributed by atoms with Gasteiger partial charge in [0.15, 0.2) is 0 Å². The van der Waals surface area contributed by atoms with Crippen molar-refractivity contribution in [1.82, 2.24) is 5.32 Å². The Morgan fingerprint density at radius 2 is 1.62 bits per heavy atom. The third kappa shape index (κ3) is 3.85. The summed E-state index contributed by atoms with van der Waals surface area (Å²) in [5.74, 6) is 0.516. The van der Waals surface area contributed by atoms with E-state index in [1.165, 1.54) is 16.8 Å². The van der Waals surface area contributed by atoms with Crippen molar-refractivity contribution in [2.45, 2.75) is 19.9 Å². The zero-order valence-electron chi connectivity index (χ0n) is 13.5. The van der Waals surface area contributed by atoms with Gasteiger partial charge >= 0.3 is 0 Å². The van der Waals surface area contributed by atoms with Crippen LogP contribution in [-0.4, -0.2) is 20.6 Å². The highest BCUT2D eigenvalue weighted by Crippen LogP contribution is 2.25. The fourth-order valence-electron chi connectivity index (χ4n) is 3.07. The van der Waals surface area contributed by atoms with E-state index in [0.29, 0.717) is 12.0 Å². The normalized spacial score (nSPS) is 13.7. The molecule has 2 atom stereocenters. The quantitative estimate of drug-likeness (QED) is 0.860. The number of para-hydroxylation sites is 1. The molecule has 2 heteroatoms. The summed E-state index contributed by atoms with van der Waals surface area (Å²) in [6.07, 6.45) is 0. The first-order valence-corrected chi connectivity index (χ1v) is 7.62. The van der Waals surface area contributed by atoms with E-state index in [-0.39, 0.29) is 0 Å². The van der Waals surface area contributed by atoms with E-state index in [1.807, 2.05) is 7.05 Å². The molecule has 2 aromatic carbocycles. The van der Waals surface area contributed by atoms with Crippen LogP contribution in [0.1, 0.15) is 24.1 Å². The van der Waals surface area contributed by atoms with E-state index in [9.17, 15) is 0 Å². The van der Waals surface area contributed by atoms with Crippen LogP contribution < -0.4 is 10.2 Å². The fourth-order valence-corrected chi connectivity index (χ4v) is 3.07. The van der Waals surface area contributed by atoms with E-state index in [1.54, 1.807) is 0 Å². The minimum atomic E-state index is 0.373. The lowest BCUT2D eigenvalue weighted by Crippen LogP contribution is -2.33. The van der Waals surface area contributed by atoms with Crippen molar-refractivity contribution in [1.29, 1.82) is 0 Å². The molecule has 0 saturated heterocycles. The van der Waals surface area contributed by atoms with Gasteiger partial charge in [0.05, 0.1) is 0 Å². The summed E-state index contributed by atoms with van der Waals surface area (Å²) >= 11 is 0. The third-order valence-electron chi connectivity index (χ3n) is 4.13. The molecule has 0 aliphatic carbocycles. The van der Waals surface area contributed by atoms with Gasteiger partial charge in [-0.2, -0.15) is 0 Å². The van der Waals surface area contributed by atoms with Crippen LogP contribution in [0.2, 0.25) is 0 Å². The molecule has 112 valence electrons. The molecular weight excluding hydrogens is 256 g/mol. The van der Waals surface area contributed by atoms with E-state index < -0.39 is 0 Å². The van der Waals surface area contributed by atoms with Gasteiger partial charge in [-0.1, -0.05) is 55.5 Å². The number of nitrogens with zero attached hydrogens (tertiary/aromatic N) is 1. The third-order valence-corrected chi connectivity index (χ3v) is 4.13. The first kappa shape index (κ1) is 15.6. The van der Waals surface area contributed by atoms with Crippen molar-refractivity contribution in [2.75, 3.05) is 25.5 Å². The molecule has 2 aromatic rings. The summed E-state index contributed by atoms with van der Waals surface area (Å²) in [6.45, 7) is 5.50. The van der Waals surface area contributed by atoms with Gasteiger partial charge in [0.25, 0.3) is 0 Å². The Balaban J connectivity index is 2.09. The van der Waals surface area contributed by atoms with Gasteiger partial charge in [-0.05, 0) is 37.1 Å². The first-order chi connectivity index (χ1) is 10.1. The summed E-state index contributed by atoms with van der Waals surface area (Å²) < 4.78 is 0. The Morgan fingerprint density at radius 1 is 1.00 bits per heavy atom. The summed E-state index contributed by atoms with van der Waals surface area (Å²) in [7, 11) is 4.22. The number of hydrogen-bond donors (Lipinski definition) is 1. The van der Waals surface area contributed by atoms with E-state index in [4.69, 9.17) is 0 Å². The van der Waals surface area contributed by atoms with Crippen LogP contribution in [0.4, 0.5) is 5.69 Å². The number of hydrogen-bond acceptors (Lipinski definition) is 2. The molecule has 2 unspecified atom stereocenters. The van der Waals surface area contributed by atoms with Gasteiger partial charge in [-0.25, -0.2) is 0 Å². The molecule has 2 rings (SSSR count). The topological polar surface area (TPSA) is 15.3 Å². The molecule has 21 heavy (non-hydrogen) atoms. The largest absolute Gasteiger partial charge is 0.374 e. The number of nitrogens with one attached hydrogen (secondary N) is 1. The second-order valence-electron chi connectivity index (χ2n) is 5.82. The predicted molar refractivity (Wildman–Crippen MR) is 91.9 cm³/mol. The second-order valence-corrected chi connectivity index (χ2v) is 5.82. The maximum Gasteiger partial charge on any atom is 0.0393 e. The Kier molecular flexibility index (Phi) is 5.40. The molecule has 0 bridgehead atoms. The molecule has 0 radical (unpaired) electrons. The standard InChI is InChI=1S/C19H26N2/c1-15-10-8-9-13-18(15)21(4)14-16(2)19(20-3)17-11-6-5-7-12-17/h5-13,16,19-20H,14H2,1-4H3. The second kappa shape index (κ2) is 7.28. The molecule has 0 amide bonds. The van der Waals surface area contributed by atoms with Crippen LogP contribution in [0.5, 0.6) is 0 Å². The molecule has 0 fully saturated rings. The van der Waals surface area contributed by atoms with Crippen LogP contribution >= 0.6 is 0 Å². The van der Waals surface area contributed by atoms with Gasteiger partial charge in [-0.15, -0.1) is 0 Å². The Bertz CT molecular complexity index is 551. The summed E-state index contributed by atoms with van der Waals surface area (Å²) in [5.41, 5.74) is 3.99. The van der Waals surface area contributed by atoms with Gasteiger partial charge in [-0.3, -0.25) is 0 Å². The Morgan fingerprint density at radius 3 is 2.24 bits per heavy atom. The minimum absolute atomic E-state index is 0.373. The van der Waals surface area contributed by atoms with Crippen molar-refractivity contribution >= 4 is 5.69 Å². The van der Waals surface area contributed by atoms with Crippen LogP contribution in [-0.2, 0) is 0 Å². The van der Waals surface area contributed by atoms with Crippen LogP contribution in [0.25, 0.3) is 0 Å². The Labute approximate surface area is 128 Å². The number of aryl methyl sites for hydroxylation is 1. The summed E-state index contributed by atoms with van der Waals surface area (Å²) in [6, 6.07) is 19.6. The smallest absolute Gasteiger partial charge is 0.0393 e. The molecule has 0 saturated carbocycles. The fraction of sp³-hybridized carbons (Fsp3) is 0.368. The highest BCUT2D eigenvalue weighted by atomic mass is 15.1. The highest BCUT2D eigenvalue weighted by molar-refractivity contribution is 5.52. The lowest BCUT2D eigenvalue weighted by Gasteiger charge is -2.30. The number of benzene rings is 2. The van der Waals surface area contributed by atoms with Gasteiger partial charge in [0, 0.05) is 25.3 Å². The minimum Gasteiger partial charge on any atom is -0.374 e. The van der Waals surface area contributed by atoms with Crippen LogP contribution in [0, 0.1) is 12.8 Å². The molecule has 2 nitrogen and oxygen atoms in total. The average Bonchev–Trinajstić information content (AvgIpc) is 2.49. The lowest BCUT2D eigenvalue weighted by atomic mass is 9.94. The molecule has 0 heterocycles. The summed E-state index contributed by atoms with van der Waals surface area (Å²) in [4.78, 5) is 2.35. The van der Waals surface area contributed by atoms with Crippen LogP contribution in [0.15, 0.2) is 54.6 Å². The zero-order chi connectivity index (χ0) is 15.2. The van der Waals surface area contributed by atoms with Gasteiger partial charge in [0.1, 0.15) is 0 Å². The molecular formula is C19H26N2. The van der Waals surface area contributed by atoms with Gasteiger partial charge in [0.2, 0.25) is 0 Å². The maximum absolute atomic E-state index is 3.46. The number of anilines is 1. The van der Waals surface area contributed by atoms with E-state index in [0.717, 1.165) is 6.54 Å². The Hall–Kier alpha value is -1.80. The zero-order valence-corrected chi connectivity index (χ0v) is 13.5. The molecule has 0 aliphatic heterocycles. The average molecular weight is 282 g/mol. The van der Waals surface area contributed by atoms with Crippen molar-refractivity contribution in [2.24, 2.45) is 5.92 Å². The molecule has 1 N–H and O–H groups in total. The van der Waals surface area contributed by atoms with E-state index >= 15 is 0 Å². The van der Waals surface area contributed by atoms with Crippen molar-refractivity contribution < 1.29 is 0 Å². The van der Waals surface area contributed by atoms with Crippen molar-refractivity contribution in [3.8, 4) is 0 Å². The van der Waals surface area contributed by atoms with Crippen molar-refractivity contribution in [3.63, 3.8) is 0 Å². The van der Waals surface area contributed by atoms with Gasteiger partial charge < -0.3 is 10.2 Å². The SMILES string of the molecule is CNC(c1ccccc1)C(C)CN(C)c1ccccc1C. The lowest BCUT2D eigenvalue weighted by molar-refractivity contribution is 0.414. The van der Waals surface area contributed by atoms with Crippen LogP contribution in [0.3, 0.4) is 0 Å². The molecule has 0 aliphatic rings.